The number of ether oxygens (including phenoxy) is 2. The highest BCUT2D eigenvalue weighted by Crippen LogP contribution is 2.37. The summed E-state index contributed by atoms with van der Waals surface area (Å²) in [6.45, 7) is 5.31. The van der Waals surface area contributed by atoms with Crippen molar-refractivity contribution in [1.82, 2.24) is 10.2 Å². The van der Waals surface area contributed by atoms with E-state index >= 15 is 0 Å². The molecule has 0 unspecified atom stereocenters. The summed E-state index contributed by atoms with van der Waals surface area (Å²) >= 11 is 6.34. The first-order valence-corrected chi connectivity index (χ1v) is 10.0. The number of carbonyl (C=O) groups is 3. The van der Waals surface area contributed by atoms with E-state index < -0.39 is 11.9 Å². The molecule has 0 aliphatic carbocycles. The van der Waals surface area contributed by atoms with Crippen molar-refractivity contribution >= 4 is 41.2 Å². The van der Waals surface area contributed by atoms with E-state index in [-0.39, 0.29) is 41.3 Å². The van der Waals surface area contributed by atoms with Crippen LogP contribution in [0.5, 0.6) is 11.5 Å². The molecule has 0 spiro atoms. The monoisotopic (exact) mass is 455 g/mol. The number of amides is 4. The number of carbonyl (C=O) groups excluding carboxylic acids is 3. The molecule has 1 fully saturated rings. The quantitative estimate of drug-likeness (QED) is 0.359. The number of nitrogens with zero attached hydrogens (tertiary/aromatic N) is 1. The summed E-state index contributed by atoms with van der Waals surface area (Å²) < 4.78 is 10.9. The van der Waals surface area contributed by atoms with Crippen molar-refractivity contribution in [1.29, 1.82) is 0 Å². The molecule has 32 heavy (non-hydrogen) atoms. The van der Waals surface area contributed by atoms with Crippen LogP contribution in [0.1, 0.15) is 11.1 Å². The van der Waals surface area contributed by atoms with Gasteiger partial charge in [-0.3, -0.25) is 14.5 Å². The van der Waals surface area contributed by atoms with Gasteiger partial charge in [0, 0.05) is 12.2 Å². The Morgan fingerprint density at radius 1 is 1.25 bits per heavy atom. The molecule has 1 aliphatic heterocycles. The Kier molecular flexibility index (Phi) is 7.17. The van der Waals surface area contributed by atoms with Crippen LogP contribution in [-0.2, 0) is 9.59 Å². The van der Waals surface area contributed by atoms with Gasteiger partial charge in [-0.1, -0.05) is 35.4 Å². The maximum atomic E-state index is 12.4. The summed E-state index contributed by atoms with van der Waals surface area (Å²) in [7, 11) is 1.43. The van der Waals surface area contributed by atoms with Crippen molar-refractivity contribution in [2.75, 3.05) is 25.6 Å². The largest absolute Gasteiger partial charge is 0.493 e. The van der Waals surface area contributed by atoms with Gasteiger partial charge in [-0.05, 0) is 42.8 Å². The molecule has 4 amide bonds. The number of halogens is 1. The second-order valence-electron chi connectivity index (χ2n) is 6.93. The Bertz CT molecular complexity index is 1100. The third-order valence-electron chi connectivity index (χ3n) is 4.52. The average Bonchev–Trinajstić information content (AvgIpc) is 3.02. The zero-order chi connectivity index (χ0) is 23.3. The predicted octanol–water partition coefficient (Wildman–Crippen LogP) is 3.75. The van der Waals surface area contributed by atoms with E-state index in [1.807, 2.05) is 19.1 Å². The fourth-order valence-electron chi connectivity index (χ4n) is 2.97. The van der Waals surface area contributed by atoms with Crippen molar-refractivity contribution in [3.8, 4) is 11.5 Å². The minimum Gasteiger partial charge on any atom is -0.493 e. The molecule has 166 valence electrons. The minimum absolute atomic E-state index is 0.0983. The fourth-order valence-corrected chi connectivity index (χ4v) is 3.24. The number of urea groups is 1. The topological polar surface area (TPSA) is 97.0 Å². The van der Waals surface area contributed by atoms with Crippen LogP contribution in [0.25, 0.3) is 6.08 Å². The highest BCUT2D eigenvalue weighted by molar-refractivity contribution is 6.32. The van der Waals surface area contributed by atoms with Crippen LogP contribution in [0.4, 0.5) is 10.5 Å². The SMILES string of the molecule is C=CCN1C(=O)N/C(=C/c2cc(Cl)c(OCC(=O)Nc3ccc(C)cc3)c(OC)c2)C1=O. The molecule has 0 aromatic heterocycles. The van der Waals surface area contributed by atoms with Gasteiger partial charge in [0.25, 0.3) is 11.8 Å². The van der Waals surface area contributed by atoms with Gasteiger partial charge in [-0.15, -0.1) is 6.58 Å². The van der Waals surface area contributed by atoms with Gasteiger partial charge in [0.15, 0.2) is 18.1 Å². The van der Waals surface area contributed by atoms with Crippen molar-refractivity contribution < 1.29 is 23.9 Å². The normalized spacial score (nSPS) is 14.3. The number of hydrogen-bond acceptors (Lipinski definition) is 5. The van der Waals surface area contributed by atoms with Gasteiger partial charge in [0.1, 0.15) is 5.70 Å². The maximum Gasteiger partial charge on any atom is 0.329 e. The zero-order valence-electron chi connectivity index (χ0n) is 17.6. The molecular formula is C23H22ClN3O5. The number of nitrogens with one attached hydrogen (secondary N) is 2. The summed E-state index contributed by atoms with van der Waals surface area (Å²) in [6, 6.07) is 9.96. The Balaban J connectivity index is 1.73. The first kappa shape index (κ1) is 22.9. The van der Waals surface area contributed by atoms with Crippen molar-refractivity contribution in [2.45, 2.75) is 6.92 Å². The van der Waals surface area contributed by atoms with Crippen LogP contribution in [0.2, 0.25) is 5.02 Å². The Hall–Kier alpha value is -3.78. The molecule has 1 heterocycles. The molecule has 9 heteroatoms. The Morgan fingerprint density at radius 2 is 1.97 bits per heavy atom. The highest BCUT2D eigenvalue weighted by Gasteiger charge is 2.32. The smallest absolute Gasteiger partial charge is 0.329 e. The minimum atomic E-state index is -0.529. The highest BCUT2D eigenvalue weighted by atomic mass is 35.5. The number of anilines is 1. The summed E-state index contributed by atoms with van der Waals surface area (Å²) in [5.74, 6) is -0.379. The molecule has 2 aromatic carbocycles. The van der Waals surface area contributed by atoms with Crippen molar-refractivity contribution in [2.24, 2.45) is 0 Å². The van der Waals surface area contributed by atoms with Crippen LogP contribution < -0.4 is 20.1 Å². The number of rotatable bonds is 8. The molecule has 0 atom stereocenters. The summed E-state index contributed by atoms with van der Waals surface area (Å²) in [4.78, 5) is 37.5. The lowest BCUT2D eigenvalue weighted by Gasteiger charge is -2.13. The fraction of sp³-hybridized carbons (Fsp3) is 0.174. The molecule has 0 bridgehead atoms. The number of imide groups is 1. The van der Waals surface area contributed by atoms with Gasteiger partial charge in [0.2, 0.25) is 0 Å². The number of aryl methyl sites for hydroxylation is 1. The molecule has 1 saturated heterocycles. The second kappa shape index (κ2) is 10.0. The summed E-state index contributed by atoms with van der Waals surface area (Å²) in [5.41, 5.74) is 2.34. The van der Waals surface area contributed by atoms with E-state index in [2.05, 4.69) is 17.2 Å². The molecular weight excluding hydrogens is 434 g/mol. The van der Waals surface area contributed by atoms with Crippen LogP contribution in [0, 0.1) is 6.92 Å². The first-order valence-electron chi connectivity index (χ1n) is 9.64. The van der Waals surface area contributed by atoms with Gasteiger partial charge in [-0.25, -0.2) is 4.79 Å². The summed E-state index contributed by atoms with van der Waals surface area (Å²) in [5, 5.41) is 5.42. The van der Waals surface area contributed by atoms with Crippen LogP contribution >= 0.6 is 11.6 Å². The van der Waals surface area contributed by atoms with E-state index in [1.165, 1.54) is 19.3 Å². The molecule has 0 saturated carbocycles. The van der Waals surface area contributed by atoms with Gasteiger partial charge in [0.05, 0.1) is 12.1 Å². The van der Waals surface area contributed by atoms with Crippen LogP contribution in [-0.4, -0.2) is 43.0 Å². The molecule has 2 aromatic rings. The van der Waals surface area contributed by atoms with E-state index in [0.29, 0.717) is 11.3 Å². The summed E-state index contributed by atoms with van der Waals surface area (Å²) in [6.07, 6.45) is 2.94. The van der Waals surface area contributed by atoms with Crippen molar-refractivity contribution in [3.63, 3.8) is 0 Å². The standard InChI is InChI=1S/C23H22ClN3O5/c1-4-9-27-22(29)18(26-23(27)30)11-15-10-17(24)21(19(12-15)31-3)32-13-20(28)25-16-7-5-14(2)6-8-16/h4-8,10-12H,1,9,13H2,2-3H3,(H,25,28)(H,26,30)/b18-11+. The molecule has 1 aliphatic rings. The van der Waals surface area contributed by atoms with E-state index in [1.54, 1.807) is 24.3 Å². The van der Waals surface area contributed by atoms with Crippen molar-refractivity contribution in [3.05, 3.63) is 70.9 Å². The molecule has 0 radical (unpaired) electrons. The average molecular weight is 456 g/mol. The van der Waals surface area contributed by atoms with Crippen LogP contribution in [0.15, 0.2) is 54.8 Å². The lowest BCUT2D eigenvalue weighted by molar-refractivity contribution is -0.122. The number of benzene rings is 2. The predicted molar refractivity (Wildman–Crippen MR) is 122 cm³/mol. The van der Waals surface area contributed by atoms with Gasteiger partial charge in [-0.2, -0.15) is 0 Å². The third-order valence-corrected chi connectivity index (χ3v) is 4.80. The van der Waals surface area contributed by atoms with Gasteiger partial charge < -0.3 is 20.1 Å². The van der Waals surface area contributed by atoms with E-state index in [4.69, 9.17) is 21.1 Å². The molecule has 8 nitrogen and oxygen atoms in total. The molecule has 3 rings (SSSR count). The first-order chi connectivity index (χ1) is 15.3. The van der Waals surface area contributed by atoms with E-state index in [0.717, 1.165) is 10.5 Å². The zero-order valence-corrected chi connectivity index (χ0v) is 18.4. The van der Waals surface area contributed by atoms with Gasteiger partial charge >= 0.3 is 6.03 Å². The molecule has 2 N–H and O–H groups in total. The lowest BCUT2D eigenvalue weighted by Crippen LogP contribution is -2.30. The Labute approximate surface area is 190 Å². The number of methoxy groups -OCH3 is 1. The maximum absolute atomic E-state index is 12.4. The number of hydrogen-bond donors (Lipinski definition) is 2. The van der Waals surface area contributed by atoms with E-state index in [9.17, 15) is 14.4 Å². The Morgan fingerprint density at radius 3 is 2.62 bits per heavy atom. The lowest BCUT2D eigenvalue weighted by atomic mass is 10.1. The van der Waals surface area contributed by atoms with Crippen LogP contribution in [0.3, 0.4) is 0 Å². The second-order valence-corrected chi connectivity index (χ2v) is 7.34. The third kappa shape index (κ3) is 5.28.